The fourth-order valence-corrected chi connectivity index (χ4v) is 1.29. The topological polar surface area (TPSA) is 73.1 Å². The molecule has 0 saturated heterocycles. The van der Waals surface area contributed by atoms with Crippen LogP contribution in [0.25, 0.3) is 0 Å². The monoisotopic (exact) mass is 208 g/mol. The van der Waals surface area contributed by atoms with Gasteiger partial charge >= 0.3 is 0 Å². The molecular formula is C10H16N4O. The van der Waals surface area contributed by atoms with Crippen LogP contribution in [-0.4, -0.2) is 29.2 Å². The van der Waals surface area contributed by atoms with Crippen LogP contribution in [0, 0.1) is 6.92 Å². The number of anilines is 1. The third-order valence-electron chi connectivity index (χ3n) is 2.11. The first kappa shape index (κ1) is 10.2. The summed E-state index contributed by atoms with van der Waals surface area (Å²) in [5.41, 5.74) is 5.36. The first-order chi connectivity index (χ1) is 7.28. The summed E-state index contributed by atoms with van der Waals surface area (Å²) >= 11 is 0. The number of aromatic nitrogens is 2. The first-order valence-electron chi connectivity index (χ1n) is 5.23. The molecule has 0 bridgehead atoms. The molecule has 1 aromatic heterocycles. The lowest BCUT2D eigenvalue weighted by Gasteiger charge is -2.08. The van der Waals surface area contributed by atoms with Crippen LogP contribution in [0.2, 0.25) is 0 Å². The Labute approximate surface area is 89.1 Å². The fourth-order valence-electron chi connectivity index (χ4n) is 1.29. The molecule has 0 unspecified atom stereocenters. The summed E-state index contributed by atoms with van der Waals surface area (Å²) in [5.74, 6) is 2.15. The maximum Gasteiger partial charge on any atom is 0.218 e. The van der Waals surface area contributed by atoms with Crippen molar-refractivity contribution in [1.29, 1.82) is 0 Å². The molecule has 0 amide bonds. The summed E-state index contributed by atoms with van der Waals surface area (Å²) in [4.78, 5) is 8.46. The summed E-state index contributed by atoms with van der Waals surface area (Å²) in [6.07, 6.45) is 2.45. The van der Waals surface area contributed by atoms with Crippen LogP contribution in [0.4, 0.5) is 5.82 Å². The van der Waals surface area contributed by atoms with Crippen molar-refractivity contribution in [2.24, 2.45) is 5.73 Å². The minimum Gasteiger partial charge on any atom is -0.476 e. The molecule has 0 atom stereocenters. The second kappa shape index (κ2) is 4.44. The van der Waals surface area contributed by atoms with Gasteiger partial charge in [-0.2, -0.15) is 4.98 Å². The van der Waals surface area contributed by atoms with Crippen molar-refractivity contribution in [1.82, 2.24) is 9.97 Å². The largest absolute Gasteiger partial charge is 0.476 e. The number of aryl methyl sites for hydroxylation is 1. The Morgan fingerprint density at radius 2 is 2.33 bits per heavy atom. The molecule has 1 aromatic rings. The number of hydrogen-bond acceptors (Lipinski definition) is 5. The van der Waals surface area contributed by atoms with Gasteiger partial charge in [-0.25, -0.2) is 4.98 Å². The van der Waals surface area contributed by atoms with E-state index in [4.69, 9.17) is 10.5 Å². The molecule has 1 saturated carbocycles. The molecule has 15 heavy (non-hydrogen) atoms. The van der Waals surface area contributed by atoms with Gasteiger partial charge in [0.2, 0.25) is 5.88 Å². The highest BCUT2D eigenvalue weighted by Crippen LogP contribution is 2.24. The van der Waals surface area contributed by atoms with Crippen LogP contribution in [0.3, 0.4) is 0 Å². The van der Waals surface area contributed by atoms with Crippen molar-refractivity contribution in [3.63, 3.8) is 0 Å². The lowest BCUT2D eigenvalue weighted by molar-refractivity contribution is 0.314. The summed E-state index contributed by atoms with van der Waals surface area (Å²) in [6.45, 7) is 2.83. The van der Waals surface area contributed by atoms with E-state index in [1.165, 1.54) is 12.8 Å². The van der Waals surface area contributed by atoms with Crippen LogP contribution in [0.5, 0.6) is 5.88 Å². The van der Waals surface area contributed by atoms with E-state index < -0.39 is 0 Å². The Kier molecular flexibility index (Phi) is 3.01. The number of ether oxygens (including phenoxy) is 1. The summed E-state index contributed by atoms with van der Waals surface area (Å²) in [5, 5.41) is 3.31. The molecule has 1 heterocycles. The van der Waals surface area contributed by atoms with Gasteiger partial charge in [0.25, 0.3) is 0 Å². The lowest BCUT2D eigenvalue weighted by Crippen LogP contribution is -2.12. The average molecular weight is 208 g/mol. The smallest absolute Gasteiger partial charge is 0.218 e. The lowest BCUT2D eigenvalue weighted by atomic mass is 10.5. The van der Waals surface area contributed by atoms with Gasteiger partial charge in [-0.15, -0.1) is 0 Å². The third kappa shape index (κ3) is 3.06. The molecule has 1 fully saturated rings. The first-order valence-corrected chi connectivity index (χ1v) is 5.23. The Morgan fingerprint density at radius 1 is 1.53 bits per heavy atom. The summed E-state index contributed by atoms with van der Waals surface area (Å²) in [7, 11) is 0. The van der Waals surface area contributed by atoms with Crippen LogP contribution < -0.4 is 15.8 Å². The molecule has 5 nitrogen and oxygen atoms in total. The Bertz CT molecular complexity index is 338. The maximum atomic E-state index is 5.36. The minimum absolute atomic E-state index is 0.485. The predicted molar refractivity (Wildman–Crippen MR) is 58.0 cm³/mol. The van der Waals surface area contributed by atoms with Gasteiger partial charge < -0.3 is 15.8 Å². The summed E-state index contributed by atoms with van der Waals surface area (Å²) in [6, 6.07) is 2.41. The van der Waals surface area contributed by atoms with Crippen molar-refractivity contribution in [3.8, 4) is 5.88 Å². The molecule has 3 N–H and O–H groups in total. The highest BCUT2D eigenvalue weighted by atomic mass is 16.5. The molecule has 82 valence electrons. The molecule has 1 aliphatic rings. The van der Waals surface area contributed by atoms with Crippen molar-refractivity contribution in [2.75, 3.05) is 18.5 Å². The number of hydrogen-bond donors (Lipinski definition) is 2. The van der Waals surface area contributed by atoms with E-state index in [0.717, 1.165) is 5.82 Å². The highest BCUT2D eigenvalue weighted by molar-refractivity contribution is 5.40. The predicted octanol–water partition coefficient (Wildman–Crippen LogP) is 0.697. The molecule has 0 radical (unpaired) electrons. The second-order valence-electron chi connectivity index (χ2n) is 3.69. The molecule has 5 heteroatoms. The van der Waals surface area contributed by atoms with Crippen LogP contribution >= 0.6 is 0 Å². The zero-order valence-electron chi connectivity index (χ0n) is 8.86. The molecular weight excluding hydrogens is 192 g/mol. The maximum absolute atomic E-state index is 5.36. The highest BCUT2D eigenvalue weighted by Gasteiger charge is 2.21. The van der Waals surface area contributed by atoms with Gasteiger partial charge in [-0.05, 0) is 19.8 Å². The Hall–Kier alpha value is -1.36. The second-order valence-corrected chi connectivity index (χ2v) is 3.69. The van der Waals surface area contributed by atoms with E-state index in [9.17, 15) is 0 Å². The third-order valence-corrected chi connectivity index (χ3v) is 2.11. The zero-order chi connectivity index (χ0) is 10.7. The van der Waals surface area contributed by atoms with Crippen LogP contribution in [0.15, 0.2) is 6.07 Å². The molecule has 0 aliphatic heterocycles. The summed E-state index contributed by atoms with van der Waals surface area (Å²) < 4.78 is 5.36. The standard InChI is InChI=1S/C10H16N4O/c1-7-12-9(14-8-2-3-8)6-10(13-7)15-5-4-11/h6,8H,2-5,11H2,1H3,(H,12,13,14). The van der Waals surface area contributed by atoms with Gasteiger partial charge in [0.15, 0.2) is 0 Å². The van der Waals surface area contributed by atoms with Crippen LogP contribution in [-0.2, 0) is 0 Å². The quantitative estimate of drug-likeness (QED) is 0.745. The Morgan fingerprint density at radius 3 is 3.00 bits per heavy atom. The van der Waals surface area contributed by atoms with E-state index in [2.05, 4.69) is 15.3 Å². The minimum atomic E-state index is 0.485. The molecule has 0 spiro atoms. The number of rotatable bonds is 5. The number of nitrogens with two attached hydrogens (primary N) is 1. The van der Waals surface area contributed by atoms with Gasteiger partial charge in [0, 0.05) is 18.7 Å². The molecule has 1 aliphatic carbocycles. The normalized spacial score (nSPS) is 15.1. The van der Waals surface area contributed by atoms with Crippen molar-refractivity contribution in [3.05, 3.63) is 11.9 Å². The van der Waals surface area contributed by atoms with E-state index >= 15 is 0 Å². The van der Waals surface area contributed by atoms with Crippen molar-refractivity contribution < 1.29 is 4.74 Å². The molecule has 2 rings (SSSR count). The van der Waals surface area contributed by atoms with Gasteiger partial charge in [0.05, 0.1) is 0 Å². The molecule has 0 aromatic carbocycles. The van der Waals surface area contributed by atoms with Crippen molar-refractivity contribution >= 4 is 5.82 Å². The van der Waals surface area contributed by atoms with Crippen LogP contribution in [0.1, 0.15) is 18.7 Å². The fraction of sp³-hybridized carbons (Fsp3) is 0.600. The van der Waals surface area contributed by atoms with Gasteiger partial charge in [-0.1, -0.05) is 0 Å². The van der Waals surface area contributed by atoms with Gasteiger partial charge in [0.1, 0.15) is 18.2 Å². The van der Waals surface area contributed by atoms with E-state index in [1.807, 2.05) is 13.0 Å². The van der Waals surface area contributed by atoms with Gasteiger partial charge in [-0.3, -0.25) is 0 Å². The van der Waals surface area contributed by atoms with E-state index in [0.29, 0.717) is 30.9 Å². The average Bonchev–Trinajstić information content (AvgIpc) is 2.98. The van der Waals surface area contributed by atoms with E-state index in [-0.39, 0.29) is 0 Å². The number of nitrogens with one attached hydrogen (secondary N) is 1. The SMILES string of the molecule is Cc1nc(NC2CC2)cc(OCCN)n1. The zero-order valence-corrected chi connectivity index (χ0v) is 8.86. The Balaban J connectivity index is 2.05. The number of nitrogens with zero attached hydrogens (tertiary/aromatic N) is 2. The van der Waals surface area contributed by atoms with Crippen molar-refractivity contribution in [2.45, 2.75) is 25.8 Å². The van der Waals surface area contributed by atoms with E-state index in [1.54, 1.807) is 0 Å².